The fourth-order valence-corrected chi connectivity index (χ4v) is 2.61. The van der Waals surface area contributed by atoms with Gasteiger partial charge in [0.05, 0.1) is 12.7 Å². The fraction of sp³-hybridized carbons (Fsp3) is 0.250. The molecule has 3 aromatic rings. The second kappa shape index (κ2) is 5.03. The molecule has 2 aromatic carbocycles. The first-order valence-corrected chi connectivity index (χ1v) is 6.56. The predicted molar refractivity (Wildman–Crippen MR) is 77.2 cm³/mol. The van der Waals surface area contributed by atoms with Crippen LogP contribution in [-0.2, 0) is 6.54 Å². The van der Waals surface area contributed by atoms with Crippen LogP contribution in [0.15, 0.2) is 48.5 Å². The molecular weight excluding hydrogens is 238 g/mol. The molecule has 0 aliphatic heterocycles. The van der Waals surface area contributed by atoms with Gasteiger partial charge in [0, 0.05) is 28.4 Å². The van der Waals surface area contributed by atoms with Gasteiger partial charge in [0.1, 0.15) is 0 Å². The van der Waals surface area contributed by atoms with Crippen molar-refractivity contribution >= 4 is 21.8 Å². The highest BCUT2D eigenvalue weighted by atomic mass is 16.3. The van der Waals surface area contributed by atoms with Crippen LogP contribution < -0.4 is 0 Å². The molecule has 0 spiro atoms. The molecule has 0 amide bonds. The predicted octanol–water partition coefficient (Wildman–Crippen LogP) is 2.54. The van der Waals surface area contributed by atoms with Crippen LogP contribution in [-0.4, -0.2) is 27.5 Å². The molecule has 0 aliphatic carbocycles. The van der Waals surface area contributed by atoms with Gasteiger partial charge in [0.2, 0.25) is 0 Å². The third-order valence-corrected chi connectivity index (χ3v) is 3.58. The van der Waals surface area contributed by atoms with E-state index in [2.05, 4.69) is 28.8 Å². The van der Waals surface area contributed by atoms with Gasteiger partial charge in [-0.15, -0.1) is 0 Å². The molecule has 3 heteroatoms. The van der Waals surface area contributed by atoms with E-state index in [-0.39, 0.29) is 6.61 Å². The van der Waals surface area contributed by atoms with Crippen molar-refractivity contribution in [3.05, 3.63) is 48.5 Å². The lowest BCUT2D eigenvalue weighted by atomic mass is 10.2. The van der Waals surface area contributed by atoms with E-state index in [1.165, 1.54) is 21.8 Å². The number of hydrogen-bond donors (Lipinski definition) is 2. The highest BCUT2D eigenvalue weighted by Crippen LogP contribution is 2.28. The summed E-state index contributed by atoms with van der Waals surface area (Å²) in [5.41, 5.74) is 2.35. The van der Waals surface area contributed by atoms with Crippen molar-refractivity contribution in [1.29, 1.82) is 0 Å². The van der Waals surface area contributed by atoms with Gasteiger partial charge < -0.3 is 14.8 Å². The minimum absolute atomic E-state index is 0.183. The average Bonchev–Trinajstić information content (AvgIpc) is 2.79. The molecule has 1 heterocycles. The van der Waals surface area contributed by atoms with Crippen molar-refractivity contribution in [3.63, 3.8) is 0 Å². The zero-order chi connectivity index (χ0) is 13.2. The van der Waals surface area contributed by atoms with Crippen molar-refractivity contribution < 1.29 is 10.2 Å². The minimum Gasteiger partial charge on any atom is -0.394 e. The molecule has 0 radical (unpaired) electrons. The van der Waals surface area contributed by atoms with Crippen LogP contribution in [0.4, 0.5) is 0 Å². The molecule has 1 aromatic heterocycles. The van der Waals surface area contributed by atoms with Crippen molar-refractivity contribution in [2.75, 3.05) is 6.61 Å². The lowest BCUT2D eigenvalue weighted by molar-refractivity contribution is 0.0852. The normalized spacial score (nSPS) is 13.2. The Balaban J connectivity index is 2.14. The number of aliphatic hydroxyl groups excluding tert-OH is 2. The molecule has 0 aliphatic rings. The summed E-state index contributed by atoms with van der Waals surface area (Å²) in [6, 6.07) is 16.6. The number of aromatic nitrogens is 1. The summed E-state index contributed by atoms with van der Waals surface area (Å²) in [6.45, 7) is 0.521. The molecule has 0 bridgehead atoms. The molecule has 3 rings (SSSR count). The van der Waals surface area contributed by atoms with Crippen LogP contribution in [0.5, 0.6) is 0 Å². The Labute approximate surface area is 111 Å². The van der Waals surface area contributed by atoms with Crippen LogP contribution >= 0.6 is 0 Å². The van der Waals surface area contributed by atoms with Gasteiger partial charge in [0.25, 0.3) is 0 Å². The Morgan fingerprint density at radius 3 is 1.95 bits per heavy atom. The van der Waals surface area contributed by atoms with Crippen LogP contribution in [0, 0.1) is 0 Å². The summed E-state index contributed by atoms with van der Waals surface area (Å²) in [5, 5.41) is 20.9. The van der Waals surface area contributed by atoms with Gasteiger partial charge >= 0.3 is 0 Å². The zero-order valence-electron chi connectivity index (χ0n) is 10.7. The first kappa shape index (κ1) is 12.2. The SMILES string of the molecule is OCC(O)CCn1c2ccccc2c2ccccc21. The quantitative estimate of drug-likeness (QED) is 0.752. The van der Waals surface area contributed by atoms with Gasteiger partial charge in [-0.2, -0.15) is 0 Å². The molecular formula is C16H17NO2. The molecule has 2 N–H and O–H groups in total. The van der Waals surface area contributed by atoms with E-state index in [1.807, 2.05) is 24.3 Å². The average molecular weight is 255 g/mol. The van der Waals surface area contributed by atoms with E-state index in [1.54, 1.807) is 0 Å². The number of benzene rings is 2. The van der Waals surface area contributed by atoms with E-state index in [4.69, 9.17) is 5.11 Å². The number of rotatable bonds is 4. The highest BCUT2D eigenvalue weighted by Gasteiger charge is 2.10. The minimum atomic E-state index is -0.653. The summed E-state index contributed by atoms with van der Waals surface area (Å²) in [4.78, 5) is 0. The molecule has 19 heavy (non-hydrogen) atoms. The standard InChI is InChI=1S/C16H17NO2/c18-11-12(19)9-10-17-15-7-3-1-5-13(15)14-6-2-4-8-16(14)17/h1-8,12,18-19H,9-11H2. The topological polar surface area (TPSA) is 45.4 Å². The van der Waals surface area contributed by atoms with Gasteiger partial charge in [0.15, 0.2) is 0 Å². The number of fused-ring (bicyclic) bond motifs is 3. The molecule has 3 nitrogen and oxygen atoms in total. The molecule has 0 fully saturated rings. The van der Waals surface area contributed by atoms with E-state index in [0.717, 1.165) is 0 Å². The van der Waals surface area contributed by atoms with Crippen LogP contribution in [0.1, 0.15) is 6.42 Å². The second-order valence-corrected chi connectivity index (χ2v) is 4.81. The monoisotopic (exact) mass is 255 g/mol. The molecule has 1 atom stereocenters. The Morgan fingerprint density at radius 1 is 0.895 bits per heavy atom. The first-order chi connectivity index (χ1) is 9.31. The third kappa shape index (κ3) is 2.11. The number of aliphatic hydroxyl groups is 2. The summed E-state index contributed by atoms with van der Waals surface area (Å²) < 4.78 is 2.21. The molecule has 98 valence electrons. The van der Waals surface area contributed by atoms with Gasteiger partial charge in [-0.25, -0.2) is 0 Å². The largest absolute Gasteiger partial charge is 0.394 e. The molecule has 0 saturated carbocycles. The highest BCUT2D eigenvalue weighted by molar-refractivity contribution is 6.07. The first-order valence-electron chi connectivity index (χ1n) is 6.56. The van der Waals surface area contributed by atoms with Gasteiger partial charge in [-0.3, -0.25) is 0 Å². The van der Waals surface area contributed by atoms with Gasteiger partial charge in [-0.05, 0) is 18.6 Å². The smallest absolute Gasteiger partial charge is 0.0787 e. The van der Waals surface area contributed by atoms with E-state index >= 15 is 0 Å². The van der Waals surface area contributed by atoms with E-state index < -0.39 is 6.10 Å². The summed E-state index contributed by atoms with van der Waals surface area (Å²) in [6.07, 6.45) is -0.0981. The lowest BCUT2D eigenvalue weighted by Gasteiger charge is -2.10. The Hall–Kier alpha value is -1.84. The molecule has 0 saturated heterocycles. The van der Waals surface area contributed by atoms with Gasteiger partial charge in [-0.1, -0.05) is 36.4 Å². The van der Waals surface area contributed by atoms with Crippen molar-refractivity contribution in [2.24, 2.45) is 0 Å². The van der Waals surface area contributed by atoms with Crippen molar-refractivity contribution in [3.8, 4) is 0 Å². The third-order valence-electron chi connectivity index (χ3n) is 3.58. The zero-order valence-corrected chi connectivity index (χ0v) is 10.7. The summed E-state index contributed by atoms with van der Waals surface area (Å²) in [7, 11) is 0. The Morgan fingerprint density at radius 2 is 1.42 bits per heavy atom. The number of aryl methyl sites for hydroxylation is 1. The van der Waals surface area contributed by atoms with Crippen LogP contribution in [0.25, 0.3) is 21.8 Å². The van der Waals surface area contributed by atoms with Crippen molar-refractivity contribution in [1.82, 2.24) is 4.57 Å². The fourth-order valence-electron chi connectivity index (χ4n) is 2.61. The second-order valence-electron chi connectivity index (χ2n) is 4.81. The maximum atomic E-state index is 9.54. The lowest BCUT2D eigenvalue weighted by Crippen LogP contribution is -2.14. The molecule has 1 unspecified atom stereocenters. The van der Waals surface area contributed by atoms with Crippen LogP contribution in [0.2, 0.25) is 0 Å². The van der Waals surface area contributed by atoms with Crippen molar-refractivity contribution in [2.45, 2.75) is 19.1 Å². The number of para-hydroxylation sites is 2. The van der Waals surface area contributed by atoms with E-state index in [0.29, 0.717) is 13.0 Å². The Bertz CT molecular complexity index is 649. The maximum Gasteiger partial charge on any atom is 0.0787 e. The summed E-state index contributed by atoms with van der Waals surface area (Å²) >= 11 is 0. The number of nitrogens with zero attached hydrogens (tertiary/aromatic N) is 1. The van der Waals surface area contributed by atoms with Crippen LogP contribution in [0.3, 0.4) is 0 Å². The Kier molecular flexibility index (Phi) is 3.23. The maximum absolute atomic E-state index is 9.54. The van der Waals surface area contributed by atoms with E-state index in [9.17, 15) is 5.11 Å². The number of hydrogen-bond acceptors (Lipinski definition) is 2. The summed E-state index contributed by atoms with van der Waals surface area (Å²) in [5.74, 6) is 0.